The van der Waals surface area contributed by atoms with Gasteiger partial charge in [0.2, 0.25) is 15.9 Å². The molecule has 2 fully saturated rings. The number of fused-ring (bicyclic) bond motifs is 1. The highest BCUT2D eigenvalue weighted by atomic mass is 32.2. The second-order valence-corrected chi connectivity index (χ2v) is 13.0. The van der Waals surface area contributed by atoms with E-state index in [0.29, 0.717) is 43.2 Å². The molecule has 1 saturated heterocycles. The fourth-order valence-corrected chi connectivity index (χ4v) is 8.03. The monoisotopic (exact) mass is 576 g/mol. The highest BCUT2D eigenvalue weighted by Crippen LogP contribution is 2.35. The van der Waals surface area contributed by atoms with Crippen molar-refractivity contribution in [3.8, 4) is 0 Å². The predicted molar refractivity (Wildman–Crippen MR) is 160 cm³/mol. The Morgan fingerprint density at radius 1 is 0.805 bits per heavy atom. The Morgan fingerprint density at radius 3 is 2.24 bits per heavy atom. The van der Waals surface area contributed by atoms with Gasteiger partial charge in [-0.3, -0.25) is 4.79 Å². The molecule has 1 saturated carbocycles. The SMILES string of the molecule is O=C(Nc1ccc(N2CCN(c3ccccc3F)CC2)c(S(=O)(=O)N[C@H]2CCCc3ccccc32)c1)C1CCCC1. The van der Waals surface area contributed by atoms with Crippen LogP contribution in [-0.4, -0.2) is 40.5 Å². The van der Waals surface area contributed by atoms with Crippen molar-refractivity contribution in [1.82, 2.24) is 4.72 Å². The van der Waals surface area contributed by atoms with Crippen LogP contribution in [0.1, 0.15) is 55.7 Å². The Bertz CT molecular complexity index is 1510. The van der Waals surface area contributed by atoms with Gasteiger partial charge in [-0.15, -0.1) is 0 Å². The van der Waals surface area contributed by atoms with Crippen LogP contribution >= 0.6 is 0 Å². The number of benzene rings is 3. The highest BCUT2D eigenvalue weighted by Gasteiger charge is 2.31. The number of carbonyl (C=O) groups is 1. The maximum absolute atomic E-state index is 14.4. The first kappa shape index (κ1) is 27.7. The minimum atomic E-state index is -3.95. The Labute approximate surface area is 241 Å². The molecule has 3 aromatic carbocycles. The number of aryl methyl sites for hydroxylation is 1. The lowest BCUT2D eigenvalue weighted by atomic mass is 9.88. The number of anilines is 3. The van der Waals surface area contributed by atoms with E-state index in [1.807, 2.05) is 34.1 Å². The van der Waals surface area contributed by atoms with Gasteiger partial charge in [-0.1, -0.05) is 49.2 Å². The smallest absolute Gasteiger partial charge is 0.243 e. The summed E-state index contributed by atoms with van der Waals surface area (Å²) in [6, 6.07) is 19.6. The fourth-order valence-electron chi connectivity index (χ4n) is 6.52. The summed E-state index contributed by atoms with van der Waals surface area (Å²) in [6.45, 7) is 2.20. The molecule has 9 heteroatoms. The van der Waals surface area contributed by atoms with Crippen molar-refractivity contribution in [2.45, 2.75) is 55.9 Å². The third kappa shape index (κ3) is 5.97. The molecular formula is C32H37FN4O3S. The van der Waals surface area contributed by atoms with E-state index in [0.717, 1.165) is 50.5 Å². The van der Waals surface area contributed by atoms with Crippen LogP contribution in [0.3, 0.4) is 0 Å². The molecule has 1 aliphatic heterocycles. The topological polar surface area (TPSA) is 81.8 Å². The average molecular weight is 577 g/mol. The van der Waals surface area contributed by atoms with Crippen molar-refractivity contribution >= 4 is 33.0 Å². The summed E-state index contributed by atoms with van der Waals surface area (Å²) < 4.78 is 45.6. The van der Waals surface area contributed by atoms with Gasteiger partial charge >= 0.3 is 0 Å². The van der Waals surface area contributed by atoms with Crippen molar-refractivity contribution < 1.29 is 17.6 Å². The normalized spacial score (nSPS) is 19.7. The van der Waals surface area contributed by atoms with Crippen molar-refractivity contribution in [1.29, 1.82) is 0 Å². The van der Waals surface area contributed by atoms with Gasteiger partial charge in [0.15, 0.2) is 0 Å². The maximum atomic E-state index is 14.4. The van der Waals surface area contributed by atoms with Gasteiger partial charge < -0.3 is 15.1 Å². The van der Waals surface area contributed by atoms with Crippen molar-refractivity contribution in [3.63, 3.8) is 0 Å². The number of sulfonamides is 1. The predicted octanol–water partition coefficient (Wildman–Crippen LogP) is 5.64. The fraction of sp³-hybridized carbons (Fsp3) is 0.406. The number of amides is 1. The van der Waals surface area contributed by atoms with Crippen LogP contribution in [0.5, 0.6) is 0 Å². The minimum Gasteiger partial charge on any atom is -0.367 e. The molecule has 3 aliphatic rings. The molecule has 6 rings (SSSR count). The molecule has 0 spiro atoms. The summed E-state index contributed by atoms with van der Waals surface area (Å²) in [5, 5.41) is 2.98. The van der Waals surface area contributed by atoms with E-state index in [2.05, 4.69) is 16.1 Å². The first-order chi connectivity index (χ1) is 19.9. The van der Waals surface area contributed by atoms with Crippen molar-refractivity contribution in [2.24, 2.45) is 5.92 Å². The van der Waals surface area contributed by atoms with Gasteiger partial charge in [-0.25, -0.2) is 17.5 Å². The Kier molecular flexibility index (Phi) is 7.99. The number of hydrogen-bond acceptors (Lipinski definition) is 5. The molecule has 1 amide bonds. The first-order valence-corrected chi connectivity index (χ1v) is 16.2. The van der Waals surface area contributed by atoms with Crippen LogP contribution in [0.15, 0.2) is 71.6 Å². The first-order valence-electron chi connectivity index (χ1n) is 14.7. The second-order valence-electron chi connectivity index (χ2n) is 11.3. The van der Waals surface area contributed by atoms with E-state index in [-0.39, 0.29) is 28.6 Å². The molecule has 2 aliphatic carbocycles. The number of rotatable bonds is 7. The largest absolute Gasteiger partial charge is 0.367 e. The summed E-state index contributed by atoms with van der Waals surface area (Å²) >= 11 is 0. The summed E-state index contributed by atoms with van der Waals surface area (Å²) in [7, 11) is -3.95. The minimum absolute atomic E-state index is 0.0296. The molecule has 0 aromatic heterocycles. The Hall–Kier alpha value is -3.43. The molecule has 0 bridgehead atoms. The second kappa shape index (κ2) is 11.8. The van der Waals surface area contributed by atoms with E-state index in [4.69, 9.17) is 0 Å². The van der Waals surface area contributed by atoms with Gasteiger partial charge in [-0.2, -0.15) is 0 Å². The van der Waals surface area contributed by atoms with Crippen LogP contribution < -0.4 is 19.8 Å². The van der Waals surface area contributed by atoms with Gasteiger partial charge in [-0.05, 0) is 73.6 Å². The molecular weight excluding hydrogens is 539 g/mol. The molecule has 1 atom stereocenters. The van der Waals surface area contributed by atoms with Crippen LogP contribution in [0.25, 0.3) is 0 Å². The van der Waals surface area contributed by atoms with Crippen molar-refractivity contribution in [3.05, 3.63) is 83.7 Å². The van der Waals surface area contributed by atoms with E-state index in [1.54, 1.807) is 30.3 Å². The van der Waals surface area contributed by atoms with Gasteiger partial charge in [0.1, 0.15) is 10.7 Å². The summed E-state index contributed by atoms with van der Waals surface area (Å²) in [4.78, 5) is 17.1. The van der Waals surface area contributed by atoms with Gasteiger partial charge in [0.25, 0.3) is 0 Å². The van der Waals surface area contributed by atoms with Crippen LogP contribution in [0.4, 0.5) is 21.5 Å². The third-order valence-corrected chi connectivity index (χ3v) is 10.2. The lowest BCUT2D eigenvalue weighted by molar-refractivity contribution is -0.119. The summed E-state index contributed by atoms with van der Waals surface area (Å²) in [6.07, 6.45) is 6.39. The third-order valence-electron chi connectivity index (χ3n) is 8.72. The number of piperazine rings is 1. The molecule has 2 N–H and O–H groups in total. The molecule has 7 nitrogen and oxygen atoms in total. The van der Waals surface area contributed by atoms with E-state index in [9.17, 15) is 17.6 Å². The number of hydrogen-bond donors (Lipinski definition) is 2. The summed E-state index contributed by atoms with van der Waals surface area (Å²) in [5.41, 5.74) is 3.83. The van der Waals surface area contributed by atoms with Crippen LogP contribution in [-0.2, 0) is 21.2 Å². The van der Waals surface area contributed by atoms with Gasteiger partial charge in [0.05, 0.1) is 11.4 Å². The molecule has 0 unspecified atom stereocenters. The molecule has 216 valence electrons. The van der Waals surface area contributed by atoms with E-state index in [1.165, 1.54) is 11.6 Å². The number of halogens is 1. The number of nitrogens with zero attached hydrogens (tertiary/aromatic N) is 2. The lowest BCUT2D eigenvalue weighted by Gasteiger charge is -2.38. The maximum Gasteiger partial charge on any atom is 0.243 e. The lowest BCUT2D eigenvalue weighted by Crippen LogP contribution is -2.47. The quantitative estimate of drug-likeness (QED) is 0.381. The molecule has 3 aromatic rings. The van der Waals surface area contributed by atoms with E-state index >= 15 is 0 Å². The number of carbonyl (C=O) groups excluding carboxylic acids is 1. The molecule has 0 radical (unpaired) electrons. The number of nitrogens with one attached hydrogen (secondary N) is 2. The van der Waals surface area contributed by atoms with Crippen LogP contribution in [0, 0.1) is 11.7 Å². The summed E-state index contributed by atoms with van der Waals surface area (Å²) in [5.74, 6) is -0.340. The van der Waals surface area contributed by atoms with E-state index < -0.39 is 10.0 Å². The Balaban J connectivity index is 1.28. The van der Waals surface area contributed by atoms with Crippen LogP contribution in [0.2, 0.25) is 0 Å². The number of para-hydroxylation sites is 1. The zero-order valence-corrected chi connectivity index (χ0v) is 24.0. The molecule has 41 heavy (non-hydrogen) atoms. The average Bonchev–Trinajstić information content (AvgIpc) is 3.53. The standard InChI is InChI=1S/C32H37FN4O3S/c33-27-13-5-6-15-29(27)36-18-20-37(21-19-36)30-17-16-25(34-32(38)24-9-1-2-10-24)22-31(30)41(39,40)35-28-14-7-11-23-8-3-4-12-26(23)28/h3-6,8,12-13,15-17,22,24,28,35H,1-2,7,9-11,14,18-21H2,(H,34,38)/t28-/m0/s1. The zero-order chi connectivity index (χ0) is 28.4. The van der Waals surface area contributed by atoms with Crippen molar-refractivity contribution in [2.75, 3.05) is 41.3 Å². The Morgan fingerprint density at radius 2 is 1.49 bits per heavy atom. The zero-order valence-electron chi connectivity index (χ0n) is 23.2. The highest BCUT2D eigenvalue weighted by molar-refractivity contribution is 7.89. The molecule has 1 heterocycles. The van der Waals surface area contributed by atoms with Gasteiger partial charge in [0, 0.05) is 43.8 Å².